The molecule has 1 atom stereocenters. The minimum absolute atomic E-state index is 0.206. The molecular formula is C59H64N8O6S. The first-order chi connectivity index (χ1) is 35.7. The van der Waals surface area contributed by atoms with E-state index in [-0.39, 0.29) is 23.4 Å². The maximum absolute atomic E-state index is 14.1. The van der Waals surface area contributed by atoms with Crippen molar-refractivity contribution < 1.29 is 28.7 Å². The molecule has 0 bridgehead atoms. The van der Waals surface area contributed by atoms with Crippen molar-refractivity contribution in [3.63, 3.8) is 0 Å². The number of ether oxygens (including phenoxy) is 2. The zero-order chi connectivity index (χ0) is 51.3. The molecule has 7 aromatic rings. The highest BCUT2D eigenvalue weighted by Crippen LogP contribution is 2.53. The van der Waals surface area contributed by atoms with Crippen LogP contribution in [0.25, 0.3) is 32.2 Å². The van der Waals surface area contributed by atoms with E-state index >= 15 is 0 Å². The quantitative estimate of drug-likeness (QED) is 0.0836. The molecule has 74 heavy (non-hydrogen) atoms. The summed E-state index contributed by atoms with van der Waals surface area (Å²) >= 11 is 1.45. The Hall–Kier alpha value is -6.97. The standard InChI is InChI=1S/C59H64N8O6S/c1-36-40(41-20-22-50(61-53(41)56(71)73-58(2,3)4)67-28-24-39-12-8-14-42(45(39)34-67)54(69)63-57-60-46-15-6-7-17-49(46)74-57)13-9-16-48(36)72-35-38-32-59(33-38)25-29-66(30-26-59)27-10-11-37-18-19-43-47(31-37)65(5)64-52(43)44-21-23-51(68)62-55(44)70/h6-9,12-20,22,31,38,44H,10-11,21,23-30,32-35H2,1-5H3,(H,60,63,69)(H,62,68,70). The summed E-state index contributed by atoms with van der Waals surface area (Å²) in [5.74, 6) is 0.371. The highest BCUT2D eigenvalue weighted by atomic mass is 32.1. The number of carbonyl (C=O) groups excluding carboxylic acids is 4. The van der Waals surface area contributed by atoms with E-state index in [0.717, 1.165) is 87.3 Å². The Labute approximate surface area is 435 Å². The van der Waals surface area contributed by atoms with Crippen LogP contribution in [-0.2, 0) is 40.8 Å². The largest absolute Gasteiger partial charge is 0.493 e. The topological polar surface area (TPSA) is 161 Å². The van der Waals surface area contributed by atoms with Crippen molar-refractivity contribution in [2.75, 3.05) is 43.0 Å². The molecule has 3 fully saturated rings. The number of amides is 3. The normalized spacial score (nSPS) is 18.1. The van der Waals surface area contributed by atoms with Gasteiger partial charge in [0.05, 0.1) is 34.0 Å². The molecule has 382 valence electrons. The molecule has 1 spiro atoms. The second-order valence-electron chi connectivity index (χ2n) is 21.9. The van der Waals surface area contributed by atoms with E-state index in [1.165, 1.54) is 42.6 Å². The number of para-hydroxylation sites is 1. The Bertz CT molecular complexity index is 3290. The highest BCUT2D eigenvalue weighted by Gasteiger charge is 2.46. The molecule has 6 heterocycles. The van der Waals surface area contributed by atoms with Crippen LogP contribution >= 0.6 is 11.3 Å². The molecule has 15 heteroatoms. The maximum atomic E-state index is 14.1. The van der Waals surface area contributed by atoms with Crippen LogP contribution in [0.4, 0.5) is 10.9 Å². The van der Waals surface area contributed by atoms with Crippen molar-refractivity contribution in [1.82, 2.24) is 30.0 Å². The van der Waals surface area contributed by atoms with Gasteiger partial charge in [-0.25, -0.2) is 14.8 Å². The number of rotatable bonds is 13. The molecule has 3 amide bonds. The first kappa shape index (κ1) is 49.3. The third kappa shape index (κ3) is 10.2. The van der Waals surface area contributed by atoms with Gasteiger partial charge in [-0.2, -0.15) is 5.10 Å². The third-order valence-electron chi connectivity index (χ3n) is 15.7. The monoisotopic (exact) mass is 1010 g/mol. The summed E-state index contributed by atoms with van der Waals surface area (Å²) < 4.78 is 15.5. The van der Waals surface area contributed by atoms with Crippen molar-refractivity contribution in [3.05, 3.63) is 130 Å². The van der Waals surface area contributed by atoms with Gasteiger partial charge >= 0.3 is 5.97 Å². The van der Waals surface area contributed by atoms with Gasteiger partial charge in [0.25, 0.3) is 5.91 Å². The van der Waals surface area contributed by atoms with Crippen molar-refractivity contribution in [1.29, 1.82) is 0 Å². The summed E-state index contributed by atoms with van der Waals surface area (Å²) in [4.78, 5) is 66.7. The van der Waals surface area contributed by atoms with E-state index in [2.05, 4.69) is 56.6 Å². The van der Waals surface area contributed by atoms with Crippen LogP contribution in [0.3, 0.4) is 0 Å². The van der Waals surface area contributed by atoms with Gasteiger partial charge in [0.15, 0.2) is 10.8 Å². The number of likely N-dealkylation sites (tertiary alicyclic amines) is 1. The van der Waals surface area contributed by atoms with Gasteiger partial charge in [-0.3, -0.25) is 29.7 Å². The number of nitrogens with one attached hydrogen (secondary N) is 2. The Kier molecular flexibility index (Phi) is 13.3. The molecule has 14 nitrogen and oxygen atoms in total. The lowest BCUT2D eigenvalue weighted by atomic mass is 9.58. The van der Waals surface area contributed by atoms with Gasteiger partial charge in [-0.1, -0.05) is 59.9 Å². The molecule has 4 aliphatic rings. The number of imide groups is 1. The number of piperidine rings is 2. The number of hydrogen-bond donors (Lipinski definition) is 2. The third-order valence-corrected chi connectivity index (χ3v) is 16.6. The van der Waals surface area contributed by atoms with Gasteiger partial charge in [0.2, 0.25) is 11.8 Å². The number of fused-ring (bicyclic) bond motifs is 3. The second-order valence-corrected chi connectivity index (χ2v) is 23.0. The fraction of sp³-hybridized carbons (Fsp3) is 0.407. The van der Waals surface area contributed by atoms with Gasteiger partial charge in [0.1, 0.15) is 17.2 Å². The Morgan fingerprint density at radius 1 is 0.905 bits per heavy atom. The van der Waals surface area contributed by atoms with Crippen LogP contribution in [0.15, 0.2) is 91.0 Å². The van der Waals surface area contributed by atoms with E-state index in [4.69, 9.17) is 19.6 Å². The maximum Gasteiger partial charge on any atom is 0.358 e. The predicted octanol–water partition coefficient (Wildman–Crippen LogP) is 10.3. The smallest absolute Gasteiger partial charge is 0.358 e. The van der Waals surface area contributed by atoms with Crippen LogP contribution in [0.5, 0.6) is 5.75 Å². The van der Waals surface area contributed by atoms with Gasteiger partial charge in [-0.15, -0.1) is 0 Å². The average Bonchev–Trinajstić information content (AvgIpc) is 3.94. The SMILES string of the molecule is Cc1c(OCC2CC3(CCN(CCCc4ccc5c(C6CCC(=O)NC6=O)nn(C)c5c4)CC3)C2)cccc1-c1ccc(N2CCc3cccc(C(=O)Nc4nc5ccccc5s4)c3C2)nc1C(=O)OC(C)(C)C. The Morgan fingerprint density at radius 3 is 2.51 bits per heavy atom. The zero-order valence-corrected chi connectivity index (χ0v) is 43.8. The molecule has 2 saturated heterocycles. The lowest BCUT2D eigenvalue weighted by Crippen LogP contribution is -2.48. The minimum atomic E-state index is -0.731. The number of pyridine rings is 1. The highest BCUT2D eigenvalue weighted by molar-refractivity contribution is 7.22. The lowest BCUT2D eigenvalue weighted by Gasteiger charge is -2.52. The van der Waals surface area contributed by atoms with Crippen molar-refractivity contribution >= 4 is 67.1 Å². The van der Waals surface area contributed by atoms with Gasteiger partial charge < -0.3 is 19.3 Å². The first-order valence-corrected chi connectivity index (χ1v) is 27.0. The van der Waals surface area contributed by atoms with E-state index in [0.29, 0.717) is 72.4 Å². The number of nitrogens with zero attached hydrogens (tertiary/aromatic N) is 6. The number of benzene rings is 4. The molecule has 3 aliphatic heterocycles. The average molecular weight is 1010 g/mol. The molecule has 1 unspecified atom stereocenters. The fourth-order valence-corrected chi connectivity index (χ4v) is 12.7. The Morgan fingerprint density at radius 2 is 1.72 bits per heavy atom. The predicted molar refractivity (Wildman–Crippen MR) is 289 cm³/mol. The molecule has 11 rings (SSSR count). The Balaban J connectivity index is 0.702. The number of anilines is 2. The number of aromatic nitrogens is 4. The van der Waals surface area contributed by atoms with Crippen molar-refractivity contribution in [2.24, 2.45) is 18.4 Å². The number of hydrogen-bond acceptors (Lipinski definition) is 12. The van der Waals surface area contributed by atoms with E-state index in [9.17, 15) is 19.2 Å². The lowest BCUT2D eigenvalue weighted by molar-refractivity contribution is -0.134. The summed E-state index contributed by atoms with van der Waals surface area (Å²) in [6, 6.07) is 30.1. The van der Waals surface area contributed by atoms with E-state index in [1.54, 1.807) is 0 Å². The fourth-order valence-electron chi connectivity index (χ4n) is 11.8. The molecule has 0 radical (unpaired) electrons. The van der Waals surface area contributed by atoms with Crippen LogP contribution < -0.4 is 20.3 Å². The number of aryl methyl sites for hydroxylation is 2. The first-order valence-electron chi connectivity index (χ1n) is 26.2. The van der Waals surface area contributed by atoms with Crippen molar-refractivity contribution in [3.8, 4) is 16.9 Å². The summed E-state index contributed by atoms with van der Waals surface area (Å²) in [5.41, 5.74) is 8.93. The summed E-state index contributed by atoms with van der Waals surface area (Å²) in [6.07, 6.45) is 8.38. The van der Waals surface area contributed by atoms with Gasteiger partial charge in [0, 0.05) is 43.1 Å². The second kappa shape index (κ2) is 20.0. The molecule has 2 N–H and O–H groups in total. The van der Waals surface area contributed by atoms with Crippen LogP contribution in [0.2, 0.25) is 0 Å². The molecule has 1 aliphatic carbocycles. The van der Waals surface area contributed by atoms with Crippen LogP contribution in [0.1, 0.15) is 120 Å². The number of esters is 1. The summed E-state index contributed by atoms with van der Waals surface area (Å²) in [7, 11) is 1.92. The van der Waals surface area contributed by atoms with Crippen LogP contribution in [0, 0.1) is 18.3 Å². The number of thiazole rings is 1. The van der Waals surface area contributed by atoms with E-state index in [1.807, 2.05) is 99.2 Å². The summed E-state index contributed by atoms with van der Waals surface area (Å²) in [5, 5.41) is 11.8. The van der Waals surface area contributed by atoms with E-state index < -0.39 is 17.5 Å². The number of carbonyl (C=O) groups is 4. The van der Waals surface area contributed by atoms with Crippen LogP contribution in [-0.4, -0.2) is 86.7 Å². The minimum Gasteiger partial charge on any atom is -0.493 e. The van der Waals surface area contributed by atoms with Gasteiger partial charge in [-0.05, 0) is 180 Å². The summed E-state index contributed by atoms with van der Waals surface area (Å²) in [6.45, 7) is 12.7. The zero-order valence-electron chi connectivity index (χ0n) is 43.0. The van der Waals surface area contributed by atoms with Crippen molar-refractivity contribution in [2.45, 2.75) is 104 Å². The molecule has 3 aromatic heterocycles. The molecule has 4 aromatic carbocycles. The molecule has 1 saturated carbocycles. The molecular weight excluding hydrogens is 949 g/mol.